The van der Waals surface area contributed by atoms with E-state index >= 15 is 0 Å². The van der Waals surface area contributed by atoms with E-state index in [0.717, 1.165) is 44.8 Å². The van der Waals surface area contributed by atoms with Gasteiger partial charge in [-0.25, -0.2) is 0 Å². The molecule has 1 unspecified atom stereocenters. The molecule has 1 heterocycles. The molecular formula is C16H32N2O2. The van der Waals surface area contributed by atoms with Crippen LogP contribution in [0.4, 0.5) is 0 Å². The Morgan fingerprint density at radius 2 is 1.95 bits per heavy atom. The van der Waals surface area contributed by atoms with Gasteiger partial charge in [-0.1, -0.05) is 13.8 Å². The Balaban J connectivity index is 2.14. The average Bonchev–Trinajstić information content (AvgIpc) is 2.39. The van der Waals surface area contributed by atoms with Gasteiger partial charge in [0.25, 0.3) is 0 Å². The lowest BCUT2D eigenvalue weighted by atomic mass is 9.97. The Morgan fingerprint density at radius 3 is 2.50 bits per heavy atom. The molecule has 0 radical (unpaired) electrons. The molecule has 1 saturated heterocycles. The van der Waals surface area contributed by atoms with E-state index in [4.69, 9.17) is 4.74 Å². The SMILES string of the molecule is CNCC1CCN(C(=O)CCOC(C)CC(C)C)CC1. The van der Waals surface area contributed by atoms with Crippen molar-refractivity contribution >= 4 is 5.91 Å². The average molecular weight is 284 g/mol. The summed E-state index contributed by atoms with van der Waals surface area (Å²) in [6, 6.07) is 0. The first-order chi connectivity index (χ1) is 9.52. The van der Waals surface area contributed by atoms with Crippen LogP contribution in [0.25, 0.3) is 0 Å². The van der Waals surface area contributed by atoms with Crippen LogP contribution in [-0.2, 0) is 9.53 Å². The molecule has 0 aromatic carbocycles. The summed E-state index contributed by atoms with van der Waals surface area (Å²) in [6.07, 6.45) is 4.08. The maximum absolute atomic E-state index is 12.1. The third-order valence-corrected chi connectivity index (χ3v) is 3.98. The molecule has 1 aliphatic rings. The van der Waals surface area contributed by atoms with Crippen LogP contribution < -0.4 is 5.32 Å². The van der Waals surface area contributed by atoms with E-state index in [0.29, 0.717) is 18.9 Å². The monoisotopic (exact) mass is 284 g/mol. The minimum Gasteiger partial charge on any atom is -0.378 e. The Labute approximate surface area is 124 Å². The lowest BCUT2D eigenvalue weighted by Crippen LogP contribution is -2.40. The Hall–Kier alpha value is -0.610. The number of likely N-dealkylation sites (tertiary alicyclic amines) is 1. The van der Waals surface area contributed by atoms with Gasteiger partial charge in [0.05, 0.1) is 19.1 Å². The van der Waals surface area contributed by atoms with Crippen molar-refractivity contribution in [2.75, 3.05) is 33.3 Å². The van der Waals surface area contributed by atoms with Gasteiger partial charge in [-0.05, 0) is 51.6 Å². The summed E-state index contributed by atoms with van der Waals surface area (Å²) >= 11 is 0. The van der Waals surface area contributed by atoms with Gasteiger partial charge in [0.1, 0.15) is 0 Å². The van der Waals surface area contributed by atoms with E-state index < -0.39 is 0 Å². The molecule has 0 spiro atoms. The Kier molecular flexibility index (Phi) is 8.15. The van der Waals surface area contributed by atoms with Gasteiger partial charge in [0.15, 0.2) is 0 Å². The maximum atomic E-state index is 12.1. The number of rotatable bonds is 8. The first-order valence-electron chi connectivity index (χ1n) is 8.06. The molecule has 0 bridgehead atoms. The molecular weight excluding hydrogens is 252 g/mol. The van der Waals surface area contributed by atoms with Crippen LogP contribution in [0.15, 0.2) is 0 Å². The van der Waals surface area contributed by atoms with Gasteiger partial charge in [-0.15, -0.1) is 0 Å². The van der Waals surface area contributed by atoms with Crippen molar-refractivity contribution in [2.24, 2.45) is 11.8 Å². The fourth-order valence-corrected chi connectivity index (χ4v) is 2.91. The number of nitrogens with one attached hydrogen (secondary N) is 1. The van der Waals surface area contributed by atoms with Crippen molar-refractivity contribution in [3.63, 3.8) is 0 Å². The largest absolute Gasteiger partial charge is 0.378 e. The first kappa shape index (κ1) is 17.4. The quantitative estimate of drug-likeness (QED) is 0.743. The third kappa shape index (κ3) is 6.71. The lowest BCUT2D eigenvalue weighted by molar-refractivity contribution is -0.134. The van der Waals surface area contributed by atoms with E-state index in [1.165, 1.54) is 0 Å². The third-order valence-electron chi connectivity index (χ3n) is 3.98. The predicted molar refractivity (Wildman–Crippen MR) is 82.7 cm³/mol. The van der Waals surface area contributed by atoms with Gasteiger partial charge in [0, 0.05) is 13.1 Å². The highest BCUT2D eigenvalue weighted by Crippen LogP contribution is 2.17. The molecule has 4 nitrogen and oxygen atoms in total. The van der Waals surface area contributed by atoms with Gasteiger partial charge < -0.3 is 15.0 Å². The molecule has 1 amide bonds. The van der Waals surface area contributed by atoms with Crippen LogP contribution in [0, 0.1) is 11.8 Å². The highest BCUT2D eigenvalue weighted by Gasteiger charge is 2.22. The minimum atomic E-state index is 0.254. The van der Waals surface area contributed by atoms with Gasteiger partial charge >= 0.3 is 0 Å². The predicted octanol–water partition coefficient (Wildman–Crippen LogP) is 2.29. The second-order valence-corrected chi connectivity index (χ2v) is 6.44. The standard InChI is InChI=1S/C16H32N2O2/c1-13(2)11-14(3)20-10-7-16(19)18-8-5-15(6-9-18)12-17-4/h13-15,17H,5-12H2,1-4H3. The van der Waals surface area contributed by atoms with Crippen LogP contribution in [0.2, 0.25) is 0 Å². The van der Waals surface area contributed by atoms with E-state index in [1.54, 1.807) is 0 Å². The summed E-state index contributed by atoms with van der Waals surface area (Å²) in [4.78, 5) is 14.1. The fourth-order valence-electron chi connectivity index (χ4n) is 2.91. The molecule has 4 heteroatoms. The van der Waals surface area contributed by atoms with Gasteiger partial charge in [0.2, 0.25) is 5.91 Å². The molecule has 1 N–H and O–H groups in total. The zero-order valence-corrected chi connectivity index (χ0v) is 13.7. The van der Waals surface area contributed by atoms with Crippen LogP contribution in [0.1, 0.15) is 46.5 Å². The molecule has 1 aliphatic heterocycles. The van der Waals surface area contributed by atoms with Crippen molar-refractivity contribution in [3.05, 3.63) is 0 Å². The Bertz CT molecular complexity index is 274. The number of hydrogen-bond acceptors (Lipinski definition) is 3. The molecule has 0 saturated carbocycles. The highest BCUT2D eigenvalue weighted by molar-refractivity contribution is 5.76. The molecule has 0 aromatic rings. The molecule has 0 aromatic heterocycles. The van der Waals surface area contributed by atoms with Crippen LogP contribution in [0.3, 0.4) is 0 Å². The second kappa shape index (κ2) is 9.35. The molecule has 1 rings (SSSR count). The van der Waals surface area contributed by atoms with Crippen molar-refractivity contribution < 1.29 is 9.53 Å². The highest BCUT2D eigenvalue weighted by atomic mass is 16.5. The van der Waals surface area contributed by atoms with E-state index in [2.05, 4.69) is 26.1 Å². The van der Waals surface area contributed by atoms with Crippen molar-refractivity contribution in [1.82, 2.24) is 10.2 Å². The number of nitrogens with zero attached hydrogens (tertiary/aromatic N) is 1. The number of hydrogen-bond donors (Lipinski definition) is 1. The molecule has 118 valence electrons. The van der Waals surface area contributed by atoms with Crippen molar-refractivity contribution in [3.8, 4) is 0 Å². The maximum Gasteiger partial charge on any atom is 0.224 e. The molecule has 1 atom stereocenters. The van der Waals surface area contributed by atoms with Crippen LogP contribution in [0.5, 0.6) is 0 Å². The zero-order valence-electron chi connectivity index (χ0n) is 13.7. The molecule has 1 fully saturated rings. The van der Waals surface area contributed by atoms with E-state index in [1.807, 2.05) is 11.9 Å². The second-order valence-electron chi connectivity index (χ2n) is 6.44. The molecule has 0 aliphatic carbocycles. The van der Waals surface area contributed by atoms with Gasteiger partial charge in [-0.3, -0.25) is 4.79 Å². The number of carbonyl (C=O) groups excluding carboxylic acids is 1. The Morgan fingerprint density at radius 1 is 1.30 bits per heavy atom. The number of piperidine rings is 1. The summed E-state index contributed by atoms with van der Waals surface area (Å²) in [6.45, 7) is 9.93. The van der Waals surface area contributed by atoms with Crippen LogP contribution >= 0.6 is 0 Å². The summed E-state index contributed by atoms with van der Waals surface area (Å²) < 4.78 is 5.72. The van der Waals surface area contributed by atoms with Crippen molar-refractivity contribution in [2.45, 2.75) is 52.6 Å². The summed E-state index contributed by atoms with van der Waals surface area (Å²) in [5, 5.41) is 3.22. The van der Waals surface area contributed by atoms with Crippen LogP contribution in [-0.4, -0.2) is 50.2 Å². The normalized spacial score (nSPS) is 18.6. The topological polar surface area (TPSA) is 41.6 Å². The first-order valence-corrected chi connectivity index (χ1v) is 8.06. The smallest absolute Gasteiger partial charge is 0.224 e. The van der Waals surface area contributed by atoms with Crippen molar-refractivity contribution in [1.29, 1.82) is 0 Å². The summed E-state index contributed by atoms with van der Waals surface area (Å²) in [5.41, 5.74) is 0. The van der Waals surface area contributed by atoms with Gasteiger partial charge in [-0.2, -0.15) is 0 Å². The lowest BCUT2D eigenvalue weighted by Gasteiger charge is -2.32. The zero-order chi connectivity index (χ0) is 15.0. The van der Waals surface area contributed by atoms with E-state index in [-0.39, 0.29) is 12.0 Å². The number of ether oxygens (including phenoxy) is 1. The number of amides is 1. The molecule has 20 heavy (non-hydrogen) atoms. The summed E-state index contributed by atoms with van der Waals surface area (Å²) in [7, 11) is 1.99. The van der Waals surface area contributed by atoms with E-state index in [9.17, 15) is 4.79 Å². The number of carbonyl (C=O) groups is 1. The fraction of sp³-hybridized carbons (Fsp3) is 0.938. The minimum absolute atomic E-state index is 0.254. The summed E-state index contributed by atoms with van der Waals surface area (Å²) in [5.74, 6) is 1.63.